The zero-order chi connectivity index (χ0) is 15.6. The van der Waals surface area contributed by atoms with Crippen LogP contribution in [0.1, 0.15) is 0 Å². The van der Waals surface area contributed by atoms with Gasteiger partial charge in [0.25, 0.3) is 0 Å². The van der Waals surface area contributed by atoms with Crippen molar-refractivity contribution in [2.45, 2.75) is 0 Å². The molecule has 110 valence electrons. The third-order valence-electron chi connectivity index (χ3n) is 4.29. The molecule has 5 heteroatoms. The number of fused-ring (bicyclic) bond motifs is 6. The number of para-hydroxylation sites is 1. The number of hydrogen-bond acceptors (Lipinski definition) is 4. The summed E-state index contributed by atoms with van der Waals surface area (Å²) in [6.07, 6.45) is 0. The van der Waals surface area contributed by atoms with Gasteiger partial charge in [-0.05, 0) is 29.7 Å². The fraction of sp³-hybridized carbons (Fsp3) is 0. The minimum Gasteiger partial charge on any atom is -0.456 e. The van der Waals surface area contributed by atoms with Gasteiger partial charge in [0.1, 0.15) is 22.3 Å². The lowest BCUT2D eigenvalue weighted by Crippen LogP contribution is -2.29. The Balaban J connectivity index is 1.92. The summed E-state index contributed by atoms with van der Waals surface area (Å²) in [5.74, 6) is 0. The summed E-state index contributed by atoms with van der Waals surface area (Å²) >= 11 is 0. The lowest BCUT2D eigenvalue weighted by atomic mass is 9.80. The molecule has 0 spiro atoms. The van der Waals surface area contributed by atoms with E-state index in [1.807, 2.05) is 36.4 Å². The van der Waals surface area contributed by atoms with Gasteiger partial charge < -0.3 is 18.9 Å². The van der Waals surface area contributed by atoms with Crippen LogP contribution in [-0.4, -0.2) is 17.2 Å². The van der Waals surface area contributed by atoms with Gasteiger partial charge in [-0.15, -0.1) is 0 Å². The van der Waals surface area contributed by atoms with Crippen LogP contribution in [0.3, 0.4) is 0 Å². The van der Waals surface area contributed by atoms with Crippen LogP contribution in [0.25, 0.3) is 43.9 Å². The van der Waals surface area contributed by atoms with E-state index in [0.717, 1.165) is 38.3 Å². The molecule has 0 aliphatic carbocycles. The summed E-state index contributed by atoms with van der Waals surface area (Å²) in [6.45, 7) is 0. The predicted octanol–water partition coefficient (Wildman–Crippen LogP) is 3.17. The van der Waals surface area contributed by atoms with Crippen molar-refractivity contribution in [2.75, 3.05) is 0 Å². The van der Waals surface area contributed by atoms with Crippen molar-refractivity contribution in [1.29, 1.82) is 0 Å². The molecule has 0 saturated heterocycles. The van der Waals surface area contributed by atoms with E-state index in [1.54, 1.807) is 18.2 Å². The van der Waals surface area contributed by atoms with Gasteiger partial charge in [0.15, 0.2) is 0 Å². The molecule has 0 aliphatic rings. The van der Waals surface area contributed by atoms with Crippen molar-refractivity contribution in [3.8, 4) is 0 Å². The van der Waals surface area contributed by atoms with Crippen LogP contribution in [0.15, 0.2) is 63.4 Å². The Bertz CT molecular complexity index is 1200. The van der Waals surface area contributed by atoms with Crippen LogP contribution in [0.2, 0.25) is 0 Å². The molecule has 0 radical (unpaired) electrons. The number of hydrogen-bond donors (Lipinski definition) is 2. The molecule has 2 N–H and O–H groups in total. The van der Waals surface area contributed by atoms with Crippen LogP contribution in [-0.2, 0) is 0 Å². The molecule has 4 nitrogen and oxygen atoms in total. The van der Waals surface area contributed by atoms with Crippen LogP contribution in [0.5, 0.6) is 0 Å². The van der Waals surface area contributed by atoms with Crippen molar-refractivity contribution < 1.29 is 18.9 Å². The average Bonchev–Trinajstić information content (AvgIpc) is 3.09. The van der Waals surface area contributed by atoms with Gasteiger partial charge in [-0.25, -0.2) is 0 Å². The molecule has 2 heterocycles. The van der Waals surface area contributed by atoms with Gasteiger partial charge in [0.05, 0.1) is 0 Å². The van der Waals surface area contributed by atoms with Crippen molar-refractivity contribution >= 4 is 56.5 Å². The molecule has 0 aliphatic heterocycles. The third-order valence-corrected chi connectivity index (χ3v) is 4.29. The SMILES string of the molecule is OB(O)c1ccc2oc3cc4c(cc3c2c1)oc1ccccc14. The maximum absolute atomic E-state index is 9.37. The lowest BCUT2D eigenvalue weighted by molar-refractivity contribution is 0.426. The first-order chi connectivity index (χ1) is 11.2. The summed E-state index contributed by atoms with van der Waals surface area (Å²) in [5.41, 5.74) is 3.53. The zero-order valence-electron chi connectivity index (χ0n) is 12.0. The van der Waals surface area contributed by atoms with Crippen molar-refractivity contribution in [1.82, 2.24) is 0 Å². The average molecular weight is 302 g/mol. The van der Waals surface area contributed by atoms with Gasteiger partial charge in [-0.2, -0.15) is 0 Å². The highest BCUT2D eigenvalue weighted by molar-refractivity contribution is 6.59. The van der Waals surface area contributed by atoms with E-state index < -0.39 is 7.12 Å². The van der Waals surface area contributed by atoms with E-state index in [4.69, 9.17) is 8.83 Å². The molecule has 0 unspecified atom stereocenters. The molecule has 0 atom stereocenters. The van der Waals surface area contributed by atoms with Crippen molar-refractivity contribution in [2.24, 2.45) is 0 Å². The fourth-order valence-corrected chi connectivity index (χ4v) is 3.17. The van der Waals surface area contributed by atoms with Crippen molar-refractivity contribution in [3.63, 3.8) is 0 Å². The molecule has 5 aromatic rings. The largest absolute Gasteiger partial charge is 0.488 e. The van der Waals surface area contributed by atoms with E-state index in [1.165, 1.54) is 0 Å². The first-order valence-electron chi connectivity index (χ1n) is 7.34. The van der Waals surface area contributed by atoms with Gasteiger partial charge in [0.2, 0.25) is 0 Å². The Morgan fingerprint density at radius 2 is 1.22 bits per heavy atom. The van der Waals surface area contributed by atoms with Crippen LogP contribution >= 0.6 is 0 Å². The van der Waals surface area contributed by atoms with Crippen LogP contribution in [0.4, 0.5) is 0 Å². The van der Waals surface area contributed by atoms with E-state index in [2.05, 4.69) is 0 Å². The standard InChI is InChI=1S/C18H11BO4/c20-19(21)10-5-6-16-12(7-10)14-9-17-13(8-18(14)23-16)11-3-1-2-4-15(11)22-17/h1-9,20-21H. The molecule has 2 aromatic heterocycles. The van der Waals surface area contributed by atoms with E-state index in [-0.39, 0.29) is 0 Å². The summed E-state index contributed by atoms with van der Waals surface area (Å²) in [6, 6.07) is 17.0. The van der Waals surface area contributed by atoms with Gasteiger partial charge >= 0.3 is 7.12 Å². The second-order valence-electron chi connectivity index (χ2n) is 5.67. The Labute approximate surface area is 130 Å². The molecule has 23 heavy (non-hydrogen) atoms. The van der Waals surface area contributed by atoms with Crippen LogP contribution in [0, 0.1) is 0 Å². The molecule has 3 aromatic carbocycles. The van der Waals surface area contributed by atoms with E-state index in [9.17, 15) is 10.0 Å². The molecular formula is C18H11BO4. The maximum atomic E-state index is 9.37. The molecule has 0 fully saturated rings. The highest BCUT2D eigenvalue weighted by Gasteiger charge is 2.16. The highest BCUT2D eigenvalue weighted by Crippen LogP contribution is 2.36. The Hall–Kier alpha value is -2.76. The Morgan fingerprint density at radius 1 is 0.609 bits per heavy atom. The maximum Gasteiger partial charge on any atom is 0.488 e. The van der Waals surface area contributed by atoms with Crippen molar-refractivity contribution in [3.05, 3.63) is 54.6 Å². The minimum absolute atomic E-state index is 0.435. The van der Waals surface area contributed by atoms with Gasteiger partial charge in [-0.3, -0.25) is 0 Å². The second-order valence-corrected chi connectivity index (χ2v) is 5.67. The molecule has 0 saturated carbocycles. The first kappa shape index (κ1) is 12.8. The Morgan fingerprint density at radius 3 is 1.96 bits per heavy atom. The fourth-order valence-electron chi connectivity index (χ4n) is 3.17. The van der Waals surface area contributed by atoms with E-state index >= 15 is 0 Å². The lowest BCUT2D eigenvalue weighted by Gasteiger charge is -1.98. The van der Waals surface area contributed by atoms with E-state index in [0.29, 0.717) is 11.0 Å². The third kappa shape index (κ3) is 1.75. The second kappa shape index (κ2) is 4.38. The smallest absolute Gasteiger partial charge is 0.456 e. The van der Waals surface area contributed by atoms with Gasteiger partial charge in [-0.1, -0.05) is 30.3 Å². The quantitative estimate of drug-likeness (QED) is 0.467. The normalized spacial score (nSPS) is 11.9. The summed E-state index contributed by atoms with van der Waals surface area (Å²) in [7, 11) is -1.50. The Kier molecular flexibility index (Phi) is 2.43. The van der Waals surface area contributed by atoms with Crippen LogP contribution < -0.4 is 5.46 Å². The topological polar surface area (TPSA) is 66.7 Å². The summed E-state index contributed by atoms with van der Waals surface area (Å²) in [5, 5.41) is 22.5. The molecule has 5 rings (SSSR count). The minimum atomic E-state index is -1.50. The summed E-state index contributed by atoms with van der Waals surface area (Å²) in [4.78, 5) is 0. The molecular weight excluding hydrogens is 291 g/mol. The molecule has 0 amide bonds. The summed E-state index contributed by atoms with van der Waals surface area (Å²) < 4.78 is 11.8. The first-order valence-corrected chi connectivity index (χ1v) is 7.34. The number of rotatable bonds is 1. The highest BCUT2D eigenvalue weighted by atomic mass is 16.4. The van der Waals surface area contributed by atoms with Gasteiger partial charge in [0, 0.05) is 21.5 Å². The zero-order valence-corrected chi connectivity index (χ0v) is 12.0. The number of benzene rings is 3. The molecule has 0 bridgehead atoms. The monoisotopic (exact) mass is 302 g/mol. The predicted molar refractivity (Wildman–Crippen MR) is 90.8 cm³/mol. The number of furan rings is 2.